The van der Waals surface area contributed by atoms with E-state index in [0.717, 1.165) is 0 Å². The van der Waals surface area contributed by atoms with Crippen molar-refractivity contribution in [3.05, 3.63) is 12.2 Å². The molecular weight excluding hydrogens is 158 g/mol. The molecule has 0 radical (unpaired) electrons. The number of fused-ring (bicyclic) bond motifs is 1. The van der Waals surface area contributed by atoms with Crippen LogP contribution in [0, 0.1) is 0 Å². The first-order valence-corrected chi connectivity index (χ1v) is 4.03. The Labute approximate surface area is 70.8 Å². The fraction of sp³-hybridized carbons (Fsp3) is 0.750. The van der Waals surface area contributed by atoms with Gasteiger partial charge in [0.15, 0.2) is 5.72 Å². The van der Waals surface area contributed by atoms with E-state index in [2.05, 4.69) is 5.32 Å². The third-order valence-corrected chi connectivity index (χ3v) is 2.72. The second kappa shape index (κ2) is 2.09. The van der Waals surface area contributed by atoms with Crippen LogP contribution in [0.2, 0.25) is 0 Å². The van der Waals surface area contributed by atoms with Crippen molar-refractivity contribution < 1.29 is 14.9 Å². The Hall–Kier alpha value is -0.420. The highest BCUT2D eigenvalue weighted by Gasteiger charge is 2.68. The lowest BCUT2D eigenvalue weighted by molar-refractivity contribution is -0.0459. The Bertz CT molecular complexity index is 240. The van der Waals surface area contributed by atoms with Crippen LogP contribution >= 0.6 is 0 Å². The summed E-state index contributed by atoms with van der Waals surface area (Å²) < 4.78 is 5.26. The van der Waals surface area contributed by atoms with Crippen molar-refractivity contribution in [2.75, 3.05) is 7.05 Å². The monoisotopic (exact) mass is 171 g/mol. The molecule has 0 aromatic carbocycles. The van der Waals surface area contributed by atoms with Crippen LogP contribution in [0.5, 0.6) is 0 Å². The molecule has 1 aliphatic carbocycles. The summed E-state index contributed by atoms with van der Waals surface area (Å²) in [4.78, 5) is 0. The average molecular weight is 171 g/mol. The molecule has 4 atom stereocenters. The van der Waals surface area contributed by atoms with E-state index in [1.165, 1.54) is 0 Å². The molecule has 1 fully saturated rings. The molecule has 0 aromatic rings. The highest BCUT2D eigenvalue weighted by molar-refractivity contribution is 5.34. The minimum Gasteiger partial charge on any atom is -0.390 e. The lowest BCUT2D eigenvalue weighted by Crippen LogP contribution is -2.44. The fourth-order valence-corrected chi connectivity index (χ4v) is 1.70. The number of aliphatic hydroxyl groups is 2. The maximum absolute atomic E-state index is 9.87. The van der Waals surface area contributed by atoms with Crippen LogP contribution in [0.4, 0.5) is 0 Å². The zero-order valence-corrected chi connectivity index (χ0v) is 7.11. The number of ether oxygens (including phenoxy) is 1. The zero-order chi connectivity index (χ0) is 8.98. The van der Waals surface area contributed by atoms with E-state index in [1.54, 1.807) is 26.1 Å². The topological polar surface area (TPSA) is 65.0 Å². The molecule has 4 nitrogen and oxygen atoms in total. The van der Waals surface area contributed by atoms with E-state index in [0.29, 0.717) is 0 Å². The van der Waals surface area contributed by atoms with Crippen molar-refractivity contribution in [3.8, 4) is 0 Å². The molecule has 3 N–H and O–H groups in total. The number of hydrogen-bond donors (Lipinski definition) is 3. The van der Waals surface area contributed by atoms with Gasteiger partial charge >= 0.3 is 0 Å². The van der Waals surface area contributed by atoms with Gasteiger partial charge < -0.3 is 14.9 Å². The van der Waals surface area contributed by atoms with Crippen molar-refractivity contribution in [2.24, 2.45) is 0 Å². The van der Waals surface area contributed by atoms with Gasteiger partial charge in [0.05, 0.1) is 6.10 Å². The van der Waals surface area contributed by atoms with Crippen molar-refractivity contribution in [1.29, 1.82) is 0 Å². The summed E-state index contributed by atoms with van der Waals surface area (Å²) in [6, 6.07) is 0. The highest BCUT2D eigenvalue weighted by atomic mass is 16.6. The zero-order valence-electron chi connectivity index (χ0n) is 7.11. The summed E-state index contributed by atoms with van der Waals surface area (Å²) in [5.41, 5.74) is -1.74. The molecule has 0 unspecified atom stereocenters. The molecule has 0 amide bonds. The summed E-state index contributed by atoms with van der Waals surface area (Å²) in [5.74, 6) is 0. The second-order valence-electron chi connectivity index (χ2n) is 3.44. The lowest BCUT2D eigenvalue weighted by Gasteiger charge is -2.23. The summed E-state index contributed by atoms with van der Waals surface area (Å²) in [6.07, 6.45) is 2.21. The second-order valence-corrected chi connectivity index (χ2v) is 3.44. The molecule has 4 heteroatoms. The summed E-state index contributed by atoms with van der Waals surface area (Å²) in [6.45, 7) is 1.55. The molecule has 0 bridgehead atoms. The van der Waals surface area contributed by atoms with E-state index in [4.69, 9.17) is 4.74 Å². The first-order valence-electron chi connectivity index (χ1n) is 4.03. The maximum Gasteiger partial charge on any atom is 0.168 e. The van der Waals surface area contributed by atoms with Gasteiger partial charge in [0.1, 0.15) is 11.7 Å². The largest absolute Gasteiger partial charge is 0.390 e. The van der Waals surface area contributed by atoms with E-state index in [1.807, 2.05) is 0 Å². The molecule has 1 heterocycles. The van der Waals surface area contributed by atoms with E-state index < -0.39 is 17.4 Å². The molecule has 68 valence electrons. The average Bonchev–Trinajstić information content (AvgIpc) is 2.70. The van der Waals surface area contributed by atoms with Crippen LogP contribution in [0.1, 0.15) is 6.92 Å². The third kappa shape index (κ3) is 0.754. The summed E-state index contributed by atoms with van der Waals surface area (Å²) >= 11 is 0. The highest BCUT2D eigenvalue weighted by Crippen LogP contribution is 2.49. The fourth-order valence-electron chi connectivity index (χ4n) is 1.70. The Morgan fingerprint density at radius 3 is 2.50 bits per heavy atom. The predicted octanol–water partition coefficient (Wildman–Crippen LogP) is -1.02. The van der Waals surface area contributed by atoms with Gasteiger partial charge in [0, 0.05) is 0 Å². The predicted molar refractivity (Wildman–Crippen MR) is 42.4 cm³/mol. The number of nitrogens with one attached hydrogen (secondary N) is 1. The normalized spacial score (nSPS) is 52.2. The van der Waals surface area contributed by atoms with Crippen LogP contribution < -0.4 is 5.32 Å². The SMILES string of the molecule is CN[C@]12C=C[C@](O)([C@H](C)O)[C@H]1O2. The van der Waals surface area contributed by atoms with Crippen LogP contribution in [0.25, 0.3) is 0 Å². The Balaban J connectivity index is 2.22. The minimum atomic E-state index is -1.22. The number of hydrogen-bond acceptors (Lipinski definition) is 4. The molecule has 0 aromatic heterocycles. The molecule has 12 heavy (non-hydrogen) atoms. The number of aliphatic hydroxyl groups excluding tert-OH is 1. The van der Waals surface area contributed by atoms with Gasteiger partial charge in [-0.15, -0.1) is 0 Å². The van der Waals surface area contributed by atoms with Gasteiger partial charge in [0.25, 0.3) is 0 Å². The lowest BCUT2D eigenvalue weighted by atomic mass is 9.96. The first kappa shape index (κ1) is 8.19. The molecule has 2 rings (SSSR count). The Morgan fingerprint density at radius 2 is 2.25 bits per heavy atom. The number of likely N-dealkylation sites (N-methyl/N-ethyl adjacent to an activating group) is 1. The van der Waals surface area contributed by atoms with Crippen LogP contribution in [-0.4, -0.2) is 40.8 Å². The van der Waals surface area contributed by atoms with Gasteiger partial charge in [-0.2, -0.15) is 0 Å². The molecular formula is C8H13NO3. The van der Waals surface area contributed by atoms with Gasteiger partial charge in [-0.3, -0.25) is 5.32 Å². The van der Waals surface area contributed by atoms with E-state index >= 15 is 0 Å². The Morgan fingerprint density at radius 1 is 1.58 bits per heavy atom. The minimum absolute atomic E-state index is 0.338. The summed E-state index contributed by atoms with van der Waals surface area (Å²) in [5, 5.41) is 22.1. The van der Waals surface area contributed by atoms with Gasteiger partial charge in [-0.1, -0.05) is 0 Å². The van der Waals surface area contributed by atoms with Crippen LogP contribution in [0.15, 0.2) is 12.2 Å². The molecule has 0 saturated carbocycles. The smallest absolute Gasteiger partial charge is 0.168 e. The van der Waals surface area contributed by atoms with Crippen LogP contribution in [0.3, 0.4) is 0 Å². The van der Waals surface area contributed by atoms with Crippen molar-refractivity contribution in [2.45, 2.75) is 30.5 Å². The number of epoxide rings is 1. The van der Waals surface area contributed by atoms with Gasteiger partial charge in [-0.25, -0.2) is 0 Å². The van der Waals surface area contributed by atoms with Gasteiger partial charge in [-0.05, 0) is 26.1 Å². The Kier molecular flexibility index (Phi) is 1.42. The van der Waals surface area contributed by atoms with Crippen molar-refractivity contribution in [1.82, 2.24) is 5.32 Å². The van der Waals surface area contributed by atoms with Crippen molar-refractivity contribution in [3.63, 3.8) is 0 Å². The third-order valence-electron chi connectivity index (χ3n) is 2.72. The quantitative estimate of drug-likeness (QED) is 0.367. The molecule has 1 saturated heterocycles. The first-order chi connectivity index (χ1) is 5.55. The van der Waals surface area contributed by atoms with Gasteiger partial charge in [0.2, 0.25) is 0 Å². The number of rotatable bonds is 2. The molecule has 0 spiro atoms. The maximum atomic E-state index is 9.87. The van der Waals surface area contributed by atoms with E-state index in [-0.39, 0.29) is 6.10 Å². The summed E-state index contributed by atoms with van der Waals surface area (Å²) in [7, 11) is 1.76. The van der Waals surface area contributed by atoms with E-state index in [9.17, 15) is 10.2 Å². The molecule has 2 aliphatic rings. The van der Waals surface area contributed by atoms with Crippen LogP contribution in [-0.2, 0) is 4.74 Å². The van der Waals surface area contributed by atoms with Crippen molar-refractivity contribution >= 4 is 0 Å². The standard InChI is InChI=1S/C8H13NO3/c1-5(10)7(11)3-4-8(9-2)6(7)12-8/h3-6,9-11H,1-2H3/t5-,6+,7-,8-/m0/s1. The molecule has 1 aliphatic heterocycles.